The van der Waals surface area contributed by atoms with Gasteiger partial charge >= 0.3 is 0 Å². The van der Waals surface area contributed by atoms with Crippen molar-refractivity contribution in [3.63, 3.8) is 0 Å². The SMILES string of the molecule is CC1(C)c2ccc(-c3ccc(-c4c5ccccc5c(-c5ccccc5)c5ccccc45)c4ccccc34)cc2-c2c1c1c3ccccc3sc1c1ccccc21. The minimum Gasteiger partial charge on any atom is -0.135 e. The van der Waals surface area contributed by atoms with Crippen molar-refractivity contribution in [3.05, 3.63) is 193 Å². The smallest absolute Gasteiger partial charge is 0.0437 e. The third-order valence-corrected chi connectivity index (χ3v) is 13.8. The van der Waals surface area contributed by atoms with Crippen molar-refractivity contribution < 1.29 is 0 Å². The van der Waals surface area contributed by atoms with E-state index >= 15 is 0 Å². The summed E-state index contributed by atoms with van der Waals surface area (Å²) in [6, 6.07) is 67.9. The first-order chi connectivity index (χ1) is 27.6. The van der Waals surface area contributed by atoms with Crippen LogP contribution in [-0.4, -0.2) is 0 Å². The molecule has 0 nitrogen and oxygen atoms in total. The molecule has 0 saturated carbocycles. The maximum absolute atomic E-state index is 2.50. The van der Waals surface area contributed by atoms with E-state index in [0.717, 1.165) is 0 Å². The summed E-state index contributed by atoms with van der Waals surface area (Å²) in [5.74, 6) is 0. The third-order valence-electron chi connectivity index (χ3n) is 12.6. The van der Waals surface area contributed by atoms with E-state index in [0.29, 0.717) is 0 Å². The van der Waals surface area contributed by atoms with Crippen LogP contribution >= 0.6 is 11.3 Å². The normalized spacial score (nSPS) is 13.3. The average molecular weight is 729 g/mol. The van der Waals surface area contributed by atoms with Crippen LogP contribution in [0.4, 0.5) is 0 Å². The highest BCUT2D eigenvalue weighted by atomic mass is 32.1. The van der Waals surface area contributed by atoms with Gasteiger partial charge in [-0.15, -0.1) is 11.3 Å². The first kappa shape index (κ1) is 31.8. The molecule has 1 aliphatic rings. The van der Waals surface area contributed by atoms with Crippen LogP contribution in [0.25, 0.3) is 108 Å². The van der Waals surface area contributed by atoms with Gasteiger partial charge in [-0.2, -0.15) is 0 Å². The van der Waals surface area contributed by atoms with Crippen molar-refractivity contribution in [2.24, 2.45) is 0 Å². The number of hydrogen-bond donors (Lipinski definition) is 0. The van der Waals surface area contributed by atoms with Gasteiger partial charge in [0.1, 0.15) is 0 Å². The molecule has 1 heteroatoms. The van der Waals surface area contributed by atoms with Crippen LogP contribution in [0.3, 0.4) is 0 Å². The van der Waals surface area contributed by atoms with E-state index in [2.05, 4.69) is 196 Å². The highest BCUT2D eigenvalue weighted by Gasteiger charge is 2.39. The van der Waals surface area contributed by atoms with E-state index in [1.54, 1.807) is 0 Å². The van der Waals surface area contributed by atoms with E-state index in [4.69, 9.17) is 0 Å². The van der Waals surface area contributed by atoms with E-state index < -0.39 is 0 Å². The molecule has 0 radical (unpaired) electrons. The number of benzene rings is 10. The molecule has 1 aliphatic carbocycles. The molecule has 11 aromatic rings. The van der Waals surface area contributed by atoms with E-state index in [1.807, 2.05) is 11.3 Å². The van der Waals surface area contributed by atoms with Crippen LogP contribution in [0, 0.1) is 0 Å². The van der Waals surface area contributed by atoms with Crippen molar-refractivity contribution >= 4 is 74.6 Å². The Balaban J connectivity index is 1.11. The molecule has 0 fully saturated rings. The second kappa shape index (κ2) is 11.7. The molecule has 0 spiro atoms. The fourth-order valence-electron chi connectivity index (χ4n) is 10.2. The second-order valence-electron chi connectivity index (χ2n) is 15.9. The zero-order valence-electron chi connectivity index (χ0n) is 31.2. The van der Waals surface area contributed by atoms with Gasteiger partial charge in [-0.3, -0.25) is 0 Å². The lowest BCUT2D eigenvalue weighted by atomic mass is 9.79. The third kappa shape index (κ3) is 4.29. The van der Waals surface area contributed by atoms with Crippen molar-refractivity contribution in [2.75, 3.05) is 0 Å². The molecule has 0 N–H and O–H groups in total. The molecule has 0 amide bonds. The molecule has 0 unspecified atom stereocenters. The van der Waals surface area contributed by atoms with Crippen LogP contribution in [-0.2, 0) is 5.41 Å². The fourth-order valence-corrected chi connectivity index (χ4v) is 11.5. The topological polar surface area (TPSA) is 0 Å². The molecule has 0 atom stereocenters. The van der Waals surface area contributed by atoms with E-state index in [1.165, 1.54) is 119 Å². The van der Waals surface area contributed by atoms with Crippen molar-refractivity contribution in [1.82, 2.24) is 0 Å². The number of hydrogen-bond acceptors (Lipinski definition) is 1. The quantitative estimate of drug-likeness (QED) is 0.159. The first-order valence-electron chi connectivity index (χ1n) is 19.6. The van der Waals surface area contributed by atoms with Gasteiger partial charge in [0.25, 0.3) is 0 Å². The molecular weight excluding hydrogens is 693 g/mol. The zero-order chi connectivity index (χ0) is 37.1. The van der Waals surface area contributed by atoms with Gasteiger partial charge < -0.3 is 0 Å². The Hall–Kier alpha value is -6.54. The van der Waals surface area contributed by atoms with Gasteiger partial charge in [-0.25, -0.2) is 0 Å². The summed E-state index contributed by atoms with van der Waals surface area (Å²) >= 11 is 1.94. The highest BCUT2D eigenvalue weighted by molar-refractivity contribution is 7.26. The zero-order valence-corrected chi connectivity index (χ0v) is 32.0. The summed E-state index contributed by atoms with van der Waals surface area (Å²) in [4.78, 5) is 0. The lowest BCUT2D eigenvalue weighted by Crippen LogP contribution is -2.15. The molecular formula is C55H36S. The summed E-state index contributed by atoms with van der Waals surface area (Å²) in [5.41, 5.74) is 13.1. The summed E-state index contributed by atoms with van der Waals surface area (Å²) in [5, 5.41) is 13.1. The molecule has 262 valence electrons. The predicted octanol–water partition coefficient (Wildman–Crippen LogP) is 16.0. The van der Waals surface area contributed by atoms with Crippen LogP contribution in [0.2, 0.25) is 0 Å². The minimum absolute atomic E-state index is 0.144. The first-order valence-corrected chi connectivity index (χ1v) is 20.4. The molecule has 0 saturated heterocycles. The molecule has 1 heterocycles. The predicted molar refractivity (Wildman–Crippen MR) is 243 cm³/mol. The Morgan fingerprint density at radius 2 is 0.857 bits per heavy atom. The molecule has 10 aromatic carbocycles. The molecule has 0 aliphatic heterocycles. The average Bonchev–Trinajstić information content (AvgIpc) is 3.75. The minimum atomic E-state index is -0.144. The van der Waals surface area contributed by atoms with Crippen molar-refractivity contribution in [3.8, 4) is 44.5 Å². The molecule has 56 heavy (non-hydrogen) atoms. The largest absolute Gasteiger partial charge is 0.135 e. The monoisotopic (exact) mass is 728 g/mol. The molecule has 0 bridgehead atoms. The summed E-state index contributed by atoms with van der Waals surface area (Å²) in [6.07, 6.45) is 0. The van der Waals surface area contributed by atoms with Crippen LogP contribution < -0.4 is 0 Å². The van der Waals surface area contributed by atoms with Gasteiger partial charge in [0, 0.05) is 31.0 Å². The molecule has 1 aromatic heterocycles. The fraction of sp³-hybridized carbons (Fsp3) is 0.0545. The van der Waals surface area contributed by atoms with Crippen molar-refractivity contribution in [1.29, 1.82) is 0 Å². The summed E-state index contributed by atoms with van der Waals surface area (Å²) in [6.45, 7) is 4.86. The van der Waals surface area contributed by atoms with Gasteiger partial charge in [0.15, 0.2) is 0 Å². The standard InChI is InChI=1S/C55H36S/c1-55(2)47-31-28-34(32-46(47)51-42-24-12-13-25-44(42)54-52(53(51)55)45-26-14-15-27-48(45)56-54)35-29-30-43(37-19-7-6-18-36(35)37)50-40-22-10-8-20-38(40)49(33-16-4-3-5-17-33)39-21-9-11-23-41(39)50/h3-32H,1-2H3. The number of fused-ring (bicyclic) bond motifs is 13. The van der Waals surface area contributed by atoms with Crippen molar-refractivity contribution in [2.45, 2.75) is 19.3 Å². The summed E-state index contributed by atoms with van der Waals surface area (Å²) < 4.78 is 2.76. The van der Waals surface area contributed by atoms with Gasteiger partial charge in [-0.1, -0.05) is 184 Å². The van der Waals surface area contributed by atoms with Crippen LogP contribution in [0.15, 0.2) is 182 Å². The van der Waals surface area contributed by atoms with Crippen LogP contribution in [0.1, 0.15) is 25.0 Å². The maximum Gasteiger partial charge on any atom is 0.0437 e. The summed E-state index contributed by atoms with van der Waals surface area (Å²) in [7, 11) is 0. The lowest BCUT2D eigenvalue weighted by Gasteiger charge is -2.23. The molecule has 12 rings (SSSR count). The lowest BCUT2D eigenvalue weighted by molar-refractivity contribution is 0.667. The van der Waals surface area contributed by atoms with Gasteiger partial charge in [0.2, 0.25) is 0 Å². The Morgan fingerprint density at radius 1 is 0.357 bits per heavy atom. The van der Waals surface area contributed by atoms with Crippen LogP contribution in [0.5, 0.6) is 0 Å². The second-order valence-corrected chi connectivity index (χ2v) is 16.9. The highest BCUT2D eigenvalue weighted by Crippen LogP contribution is 2.58. The Morgan fingerprint density at radius 3 is 1.52 bits per heavy atom. The van der Waals surface area contributed by atoms with Gasteiger partial charge in [-0.05, 0) is 105 Å². The Bertz CT molecular complexity index is 3380. The maximum atomic E-state index is 2.50. The van der Waals surface area contributed by atoms with Gasteiger partial charge in [0.05, 0.1) is 0 Å². The van der Waals surface area contributed by atoms with E-state index in [9.17, 15) is 0 Å². The number of thiophene rings is 1. The number of rotatable bonds is 3. The van der Waals surface area contributed by atoms with E-state index in [-0.39, 0.29) is 5.41 Å². The Kier molecular flexibility index (Phi) is 6.66. The Labute approximate surface area is 329 Å².